The summed E-state index contributed by atoms with van der Waals surface area (Å²) in [6.45, 7) is 7.49. The van der Waals surface area contributed by atoms with Crippen molar-refractivity contribution in [2.75, 3.05) is 0 Å². The van der Waals surface area contributed by atoms with Gasteiger partial charge in [0, 0.05) is 32.3 Å². The largest absolute Gasteiger partial charge is 0.155 e. The molecule has 0 saturated heterocycles. The van der Waals surface area contributed by atoms with Gasteiger partial charge in [0.2, 0.25) is 0 Å². The fourth-order valence-electron chi connectivity index (χ4n) is 2.41. The number of azide groups is 2. The Kier molecular flexibility index (Phi) is 6.11. The zero-order chi connectivity index (χ0) is 19.1. The first-order valence-corrected chi connectivity index (χ1v) is 7.87. The van der Waals surface area contributed by atoms with Gasteiger partial charge in [0.05, 0.1) is 11.4 Å². The Morgan fingerprint density at radius 1 is 0.731 bits per heavy atom. The minimum Gasteiger partial charge on any atom is -0.155 e. The summed E-state index contributed by atoms with van der Waals surface area (Å²) in [6, 6.07) is 11.0. The summed E-state index contributed by atoms with van der Waals surface area (Å²) in [5.41, 5.74) is 23.2. The summed E-state index contributed by atoms with van der Waals surface area (Å²) in [4.78, 5) is 5.70. The molecule has 0 spiro atoms. The lowest BCUT2D eigenvalue weighted by Crippen LogP contribution is -1.99. The van der Waals surface area contributed by atoms with Gasteiger partial charge in [0.25, 0.3) is 0 Å². The third-order valence-electron chi connectivity index (χ3n) is 3.74. The molecule has 0 bridgehead atoms. The first-order valence-electron chi connectivity index (χ1n) is 7.87. The maximum Gasteiger partial charge on any atom is 0.0676 e. The van der Waals surface area contributed by atoms with Crippen LogP contribution < -0.4 is 0 Å². The highest BCUT2D eigenvalue weighted by Crippen LogP contribution is 2.23. The SMILES string of the molecule is C/C(=N\N=C(/C)c1cc(C)ccc1N=[N+]=[N-])c1cc(C)ccc1N=[N+]=[N-]. The van der Waals surface area contributed by atoms with Crippen LogP contribution in [0, 0.1) is 13.8 Å². The molecular formula is C18H18N8. The maximum absolute atomic E-state index is 8.72. The summed E-state index contributed by atoms with van der Waals surface area (Å²) in [5.74, 6) is 0. The zero-order valence-electron chi connectivity index (χ0n) is 15.0. The molecule has 130 valence electrons. The van der Waals surface area contributed by atoms with Gasteiger partial charge in [-0.3, -0.25) is 0 Å². The summed E-state index contributed by atoms with van der Waals surface area (Å²) in [7, 11) is 0. The zero-order valence-corrected chi connectivity index (χ0v) is 15.0. The standard InChI is InChI=1S/C18H18N8/c1-11-5-7-17(23-25-19)15(9-11)13(3)21-22-14(4)16-10-12(2)6-8-18(16)24-26-20/h5-10H,1-4H3/b21-13+,22-14+. The lowest BCUT2D eigenvalue weighted by Gasteiger charge is -2.07. The fourth-order valence-corrected chi connectivity index (χ4v) is 2.41. The molecule has 2 aromatic carbocycles. The van der Waals surface area contributed by atoms with Crippen LogP contribution in [-0.4, -0.2) is 11.4 Å². The van der Waals surface area contributed by atoms with E-state index >= 15 is 0 Å². The number of hydrogen-bond acceptors (Lipinski definition) is 4. The van der Waals surface area contributed by atoms with E-state index in [9.17, 15) is 0 Å². The molecule has 0 N–H and O–H groups in total. The highest BCUT2D eigenvalue weighted by Gasteiger charge is 2.07. The van der Waals surface area contributed by atoms with Gasteiger partial charge in [-0.15, -0.1) is 0 Å². The van der Waals surface area contributed by atoms with E-state index in [1.807, 2.05) is 38.1 Å². The van der Waals surface area contributed by atoms with Crippen LogP contribution in [0.15, 0.2) is 56.8 Å². The van der Waals surface area contributed by atoms with Crippen LogP contribution >= 0.6 is 0 Å². The van der Waals surface area contributed by atoms with Gasteiger partial charge in [-0.2, -0.15) is 10.2 Å². The molecule has 26 heavy (non-hydrogen) atoms. The number of hydrogen-bond donors (Lipinski definition) is 0. The molecule has 0 saturated carbocycles. The van der Waals surface area contributed by atoms with Gasteiger partial charge in [-0.05, 0) is 50.9 Å². The Bertz CT molecular complexity index is 909. The fraction of sp³-hybridized carbons (Fsp3) is 0.222. The summed E-state index contributed by atoms with van der Waals surface area (Å²) >= 11 is 0. The lowest BCUT2D eigenvalue weighted by molar-refractivity contribution is 1.21. The molecule has 0 aromatic heterocycles. The molecule has 2 aromatic rings. The molecule has 2 rings (SSSR count). The number of rotatable bonds is 5. The first-order chi connectivity index (χ1) is 12.5. The Labute approximate surface area is 151 Å². The second kappa shape index (κ2) is 8.48. The topological polar surface area (TPSA) is 122 Å². The van der Waals surface area contributed by atoms with Gasteiger partial charge in [-0.25, -0.2) is 0 Å². The molecule has 0 atom stereocenters. The normalized spacial score (nSPS) is 11.5. The highest BCUT2D eigenvalue weighted by atomic mass is 15.2. The van der Waals surface area contributed by atoms with Crippen molar-refractivity contribution in [2.24, 2.45) is 20.4 Å². The Balaban J connectivity index is 2.48. The molecule has 8 heteroatoms. The molecule has 0 amide bonds. The number of nitrogens with zero attached hydrogens (tertiary/aromatic N) is 8. The Morgan fingerprint density at radius 3 is 1.46 bits per heavy atom. The molecular weight excluding hydrogens is 328 g/mol. The predicted octanol–water partition coefficient (Wildman–Crippen LogP) is 6.42. The van der Waals surface area contributed by atoms with E-state index in [-0.39, 0.29) is 0 Å². The van der Waals surface area contributed by atoms with Crippen molar-refractivity contribution in [1.82, 2.24) is 0 Å². The van der Waals surface area contributed by atoms with Crippen molar-refractivity contribution in [3.05, 3.63) is 79.5 Å². The van der Waals surface area contributed by atoms with E-state index in [0.717, 1.165) is 22.3 Å². The van der Waals surface area contributed by atoms with Crippen molar-refractivity contribution in [3.63, 3.8) is 0 Å². The maximum atomic E-state index is 8.72. The summed E-state index contributed by atoms with van der Waals surface area (Å²) < 4.78 is 0. The van der Waals surface area contributed by atoms with E-state index in [1.54, 1.807) is 26.0 Å². The minimum absolute atomic E-state index is 0.498. The van der Waals surface area contributed by atoms with Gasteiger partial charge in [0.15, 0.2) is 0 Å². The number of benzene rings is 2. The third kappa shape index (κ3) is 4.48. The van der Waals surface area contributed by atoms with Crippen molar-refractivity contribution < 1.29 is 0 Å². The lowest BCUT2D eigenvalue weighted by atomic mass is 10.1. The average molecular weight is 346 g/mol. The monoisotopic (exact) mass is 346 g/mol. The van der Waals surface area contributed by atoms with Crippen molar-refractivity contribution in [2.45, 2.75) is 27.7 Å². The predicted molar refractivity (Wildman–Crippen MR) is 104 cm³/mol. The average Bonchev–Trinajstić information content (AvgIpc) is 2.62. The van der Waals surface area contributed by atoms with Gasteiger partial charge in [-0.1, -0.05) is 45.6 Å². The van der Waals surface area contributed by atoms with Crippen LogP contribution in [0.5, 0.6) is 0 Å². The Morgan fingerprint density at radius 2 is 1.12 bits per heavy atom. The van der Waals surface area contributed by atoms with E-state index < -0.39 is 0 Å². The van der Waals surface area contributed by atoms with Gasteiger partial charge < -0.3 is 0 Å². The van der Waals surface area contributed by atoms with Gasteiger partial charge in [0.1, 0.15) is 0 Å². The molecule has 0 fully saturated rings. The Hall–Kier alpha value is -3.60. The molecule has 0 radical (unpaired) electrons. The van der Waals surface area contributed by atoms with Gasteiger partial charge >= 0.3 is 0 Å². The highest BCUT2D eigenvalue weighted by molar-refractivity contribution is 6.05. The van der Waals surface area contributed by atoms with Crippen LogP contribution in [0.4, 0.5) is 11.4 Å². The second-order valence-corrected chi connectivity index (χ2v) is 5.79. The second-order valence-electron chi connectivity index (χ2n) is 5.79. The smallest absolute Gasteiger partial charge is 0.0676 e. The molecule has 0 aliphatic rings. The molecule has 0 unspecified atom stereocenters. The van der Waals surface area contributed by atoms with Crippen LogP contribution in [0.3, 0.4) is 0 Å². The molecule has 8 nitrogen and oxygen atoms in total. The van der Waals surface area contributed by atoms with Crippen LogP contribution in [0.25, 0.3) is 20.9 Å². The van der Waals surface area contributed by atoms with Crippen molar-refractivity contribution in [1.29, 1.82) is 0 Å². The van der Waals surface area contributed by atoms with Crippen LogP contribution in [0.2, 0.25) is 0 Å². The van der Waals surface area contributed by atoms with Crippen LogP contribution in [-0.2, 0) is 0 Å². The molecule has 0 aliphatic carbocycles. The minimum atomic E-state index is 0.498. The van der Waals surface area contributed by atoms with Crippen molar-refractivity contribution in [3.8, 4) is 0 Å². The van der Waals surface area contributed by atoms with E-state index in [0.29, 0.717) is 22.8 Å². The van der Waals surface area contributed by atoms with E-state index in [2.05, 4.69) is 30.3 Å². The van der Waals surface area contributed by atoms with Crippen LogP contribution in [0.1, 0.15) is 36.1 Å². The molecule has 0 heterocycles. The quantitative estimate of drug-likeness (QED) is 0.195. The van der Waals surface area contributed by atoms with E-state index in [4.69, 9.17) is 11.1 Å². The summed E-state index contributed by atoms with van der Waals surface area (Å²) in [6.07, 6.45) is 0. The van der Waals surface area contributed by atoms with E-state index in [1.165, 1.54) is 0 Å². The number of aryl methyl sites for hydroxylation is 2. The third-order valence-corrected chi connectivity index (χ3v) is 3.74. The molecule has 0 aliphatic heterocycles. The van der Waals surface area contributed by atoms with Crippen molar-refractivity contribution >= 4 is 22.8 Å². The first kappa shape index (κ1) is 18.7. The summed E-state index contributed by atoms with van der Waals surface area (Å²) in [5, 5.41) is 15.9.